The molecule has 1 aromatic heterocycles. The van der Waals surface area contributed by atoms with Crippen LogP contribution in [0.4, 0.5) is 31.9 Å². The molecule has 4 rings (SSSR count). The number of para-hydroxylation sites is 1. The topological polar surface area (TPSA) is 72.0 Å². The van der Waals surface area contributed by atoms with Gasteiger partial charge in [-0.3, -0.25) is 0 Å². The van der Waals surface area contributed by atoms with Crippen LogP contribution in [0.2, 0.25) is 0 Å². The van der Waals surface area contributed by atoms with Crippen molar-refractivity contribution in [3.05, 3.63) is 90.6 Å². The van der Waals surface area contributed by atoms with Crippen LogP contribution in [0.1, 0.15) is 0 Å². The van der Waals surface area contributed by atoms with Gasteiger partial charge >= 0.3 is 0 Å². The Bertz CT molecular complexity index is 1110. The molecule has 0 unspecified atom stereocenters. The zero-order chi connectivity index (χ0) is 20.1. The molecule has 3 aromatic carbocycles. The number of benzene rings is 3. The molecule has 144 valence electrons. The van der Waals surface area contributed by atoms with E-state index >= 15 is 0 Å². The fraction of sp³-hybridized carbons (Fsp3) is 0. The molecule has 6 nitrogen and oxygen atoms in total. The summed E-state index contributed by atoms with van der Waals surface area (Å²) < 4.78 is 32.5. The fourth-order valence-corrected chi connectivity index (χ4v) is 2.51. The number of halogens is 2. The minimum Gasteiger partial charge on any atom is -0.457 e. The van der Waals surface area contributed by atoms with Gasteiger partial charge in [0.25, 0.3) is 0 Å². The monoisotopic (exact) mass is 391 g/mol. The Morgan fingerprint density at radius 1 is 0.793 bits per heavy atom. The SMILES string of the molecule is Fc1ccc(Nc2cnnc(Nc3ccc(Oc4ccccc4)cc3)n2)c(F)c1. The number of nitrogens with one attached hydrogen (secondary N) is 2. The average Bonchev–Trinajstić information content (AvgIpc) is 2.73. The number of ether oxygens (including phenoxy) is 1. The van der Waals surface area contributed by atoms with Gasteiger partial charge in [-0.1, -0.05) is 18.2 Å². The van der Waals surface area contributed by atoms with Crippen molar-refractivity contribution in [2.75, 3.05) is 10.6 Å². The van der Waals surface area contributed by atoms with Crippen molar-refractivity contribution in [2.24, 2.45) is 0 Å². The van der Waals surface area contributed by atoms with E-state index in [9.17, 15) is 8.78 Å². The van der Waals surface area contributed by atoms with Gasteiger partial charge in [-0.15, -0.1) is 5.10 Å². The fourth-order valence-electron chi connectivity index (χ4n) is 2.51. The first-order valence-electron chi connectivity index (χ1n) is 8.67. The van der Waals surface area contributed by atoms with Gasteiger partial charge in [0.05, 0.1) is 11.9 Å². The Balaban J connectivity index is 1.43. The summed E-state index contributed by atoms with van der Waals surface area (Å²) in [6.45, 7) is 0. The first-order chi connectivity index (χ1) is 14.2. The molecule has 4 aromatic rings. The van der Waals surface area contributed by atoms with E-state index in [0.717, 1.165) is 23.6 Å². The normalized spacial score (nSPS) is 10.4. The van der Waals surface area contributed by atoms with Crippen LogP contribution in [0.25, 0.3) is 0 Å². The van der Waals surface area contributed by atoms with Gasteiger partial charge in [0.1, 0.15) is 23.1 Å². The highest BCUT2D eigenvalue weighted by Crippen LogP contribution is 2.24. The van der Waals surface area contributed by atoms with Gasteiger partial charge in [-0.2, -0.15) is 10.1 Å². The predicted octanol–water partition coefficient (Wildman–Crippen LogP) is 5.43. The first kappa shape index (κ1) is 18.3. The second-order valence-electron chi connectivity index (χ2n) is 5.98. The highest BCUT2D eigenvalue weighted by atomic mass is 19.1. The van der Waals surface area contributed by atoms with Gasteiger partial charge in [-0.05, 0) is 48.5 Å². The van der Waals surface area contributed by atoms with Crippen molar-refractivity contribution in [1.82, 2.24) is 15.2 Å². The molecular weight excluding hydrogens is 376 g/mol. The Labute approximate surface area is 165 Å². The van der Waals surface area contributed by atoms with Crippen LogP contribution in [0.3, 0.4) is 0 Å². The first-order valence-corrected chi connectivity index (χ1v) is 8.67. The molecule has 0 amide bonds. The number of hydrogen-bond donors (Lipinski definition) is 2. The van der Waals surface area contributed by atoms with E-state index in [0.29, 0.717) is 5.75 Å². The van der Waals surface area contributed by atoms with E-state index in [1.807, 2.05) is 30.3 Å². The van der Waals surface area contributed by atoms with Crippen LogP contribution in [0.5, 0.6) is 11.5 Å². The van der Waals surface area contributed by atoms with Crippen LogP contribution in [-0.4, -0.2) is 15.2 Å². The maximum absolute atomic E-state index is 13.8. The highest BCUT2D eigenvalue weighted by Gasteiger charge is 2.07. The lowest BCUT2D eigenvalue weighted by Crippen LogP contribution is -2.03. The zero-order valence-corrected chi connectivity index (χ0v) is 15.0. The molecule has 0 bridgehead atoms. The van der Waals surface area contributed by atoms with E-state index in [1.54, 1.807) is 24.3 Å². The number of nitrogens with zero attached hydrogens (tertiary/aromatic N) is 3. The molecule has 0 saturated carbocycles. The molecule has 29 heavy (non-hydrogen) atoms. The van der Waals surface area contributed by atoms with E-state index in [2.05, 4.69) is 25.8 Å². The number of aromatic nitrogens is 3. The molecule has 0 atom stereocenters. The highest BCUT2D eigenvalue weighted by molar-refractivity contribution is 5.59. The van der Waals surface area contributed by atoms with Crippen molar-refractivity contribution in [3.8, 4) is 11.5 Å². The van der Waals surface area contributed by atoms with Crippen LogP contribution in [-0.2, 0) is 0 Å². The summed E-state index contributed by atoms with van der Waals surface area (Å²) in [4.78, 5) is 4.23. The second kappa shape index (κ2) is 8.30. The van der Waals surface area contributed by atoms with Gasteiger partial charge in [0, 0.05) is 11.8 Å². The minimum absolute atomic E-state index is 0.0836. The number of hydrogen-bond acceptors (Lipinski definition) is 6. The Kier molecular flexibility index (Phi) is 5.24. The summed E-state index contributed by atoms with van der Waals surface area (Å²) in [6, 6.07) is 19.9. The van der Waals surface area contributed by atoms with E-state index in [4.69, 9.17) is 4.74 Å². The predicted molar refractivity (Wildman–Crippen MR) is 106 cm³/mol. The number of anilines is 4. The van der Waals surface area contributed by atoms with Gasteiger partial charge in [0.15, 0.2) is 5.82 Å². The summed E-state index contributed by atoms with van der Waals surface area (Å²) in [5, 5.41) is 13.5. The summed E-state index contributed by atoms with van der Waals surface area (Å²) >= 11 is 0. The van der Waals surface area contributed by atoms with Crippen molar-refractivity contribution in [1.29, 1.82) is 0 Å². The van der Waals surface area contributed by atoms with Gasteiger partial charge in [-0.25, -0.2) is 8.78 Å². The Hall–Kier alpha value is -4.07. The molecule has 0 aliphatic heterocycles. The molecule has 2 N–H and O–H groups in total. The lowest BCUT2D eigenvalue weighted by atomic mass is 10.3. The van der Waals surface area contributed by atoms with Crippen molar-refractivity contribution < 1.29 is 13.5 Å². The molecule has 1 heterocycles. The van der Waals surface area contributed by atoms with E-state index in [1.165, 1.54) is 12.3 Å². The Morgan fingerprint density at radius 2 is 1.55 bits per heavy atom. The third kappa shape index (κ3) is 4.81. The van der Waals surface area contributed by atoms with Crippen LogP contribution >= 0.6 is 0 Å². The molecule has 0 fully saturated rings. The molecule has 0 aliphatic carbocycles. The lowest BCUT2D eigenvalue weighted by molar-refractivity contribution is 0.483. The largest absolute Gasteiger partial charge is 0.457 e. The summed E-state index contributed by atoms with van der Waals surface area (Å²) in [5.41, 5.74) is 0.803. The quantitative estimate of drug-likeness (QED) is 0.457. The summed E-state index contributed by atoms with van der Waals surface area (Å²) in [6.07, 6.45) is 1.34. The standard InChI is InChI=1S/C21H15F2N5O/c22-14-6-11-19(18(23)12-14)26-20-13-24-28-21(27-20)25-15-7-9-17(10-8-15)29-16-4-2-1-3-5-16/h1-13H,(H2,25,26,27,28). The van der Waals surface area contributed by atoms with Gasteiger partial charge in [0.2, 0.25) is 5.95 Å². The Morgan fingerprint density at radius 3 is 2.31 bits per heavy atom. The molecule has 0 aliphatic rings. The lowest BCUT2D eigenvalue weighted by Gasteiger charge is -2.09. The van der Waals surface area contributed by atoms with Crippen LogP contribution in [0, 0.1) is 11.6 Å². The van der Waals surface area contributed by atoms with E-state index in [-0.39, 0.29) is 17.5 Å². The van der Waals surface area contributed by atoms with Gasteiger partial charge < -0.3 is 15.4 Å². The molecule has 0 radical (unpaired) electrons. The maximum atomic E-state index is 13.8. The van der Waals surface area contributed by atoms with Crippen molar-refractivity contribution in [2.45, 2.75) is 0 Å². The third-order valence-electron chi connectivity index (χ3n) is 3.84. The molecule has 8 heteroatoms. The van der Waals surface area contributed by atoms with Crippen LogP contribution < -0.4 is 15.4 Å². The smallest absolute Gasteiger partial charge is 0.249 e. The maximum Gasteiger partial charge on any atom is 0.249 e. The molecule has 0 saturated heterocycles. The zero-order valence-electron chi connectivity index (χ0n) is 15.0. The van der Waals surface area contributed by atoms with Crippen molar-refractivity contribution >= 4 is 23.1 Å². The van der Waals surface area contributed by atoms with Crippen LogP contribution in [0.15, 0.2) is 79.0 Å². The van der Waals surface area contributed by atoms with Crippen molar-refractivity contribution in [3.63, 3.8) is 0 Å². The second-order valence-corrected chi connectivity index (χ2v) is 5.98. The molecule has 0 spiro atoms. The summed E-state index contributed by atoms with van der Waals surface area (Å²) in [7, 11) is 0. The third-order valence-corrected chi connectivity index (χ3v) is 3.84. The average molecular weight is 391 g/mol. The summed E-state index contributed by atoms with van der Waals surface area (Å²) in [5.74, 6) is 0.518. The number of rotatable bonds is 6. The molecular formula is C21H15F2N5O. The minimum atomic E-state index is -0.730. The van der Waals surface area contributed by atoms with E-state index < -0.39 is 11.6 Å².